The first-order chi connectivity index (χ1) is 31.8. The van der Waals surface area contributed by atoms with Crippen LogP contribution in [0, 0.1) is 0 Å². The summed E-state index contributed by atoms with van der Waals surface area (Å²) in [7, 11) is -4.53. The molecule has 3 atom stereocenters. The molecule has 0 amide bonds. The number of phosphoric ester groups is 1. The van der Waals surface area contributed by atoms with Gasteiger partial charge in [0.15, 0.2) is 0 Å². The Labute approximate surface area is 401 Å². The maximum Gasteiger partial charge on any atom is 0.472 e. The molecule has 384 valence electrons. The minimum absolute atomic E-state index is 0.0456. The van der Waals surface area contributed by atoms with Gasteiger partial charge >= 0.3 is 13.8 Å². The standard InChI is InChI=1S/C55H105O9P/c1-3-5-7-9-11-13-15-17-19-21-23-25-27-29-31-33-35-37-39-41-43-45-47-55(58)64-54(52-63-65(59,60)62-50-53(57)49-56)51-61-48-46-44-42-40-38-36-34-32-30-28-26-24-22-20-18-16-14-12-10-8-6-4-2/h16,18,22,24,28,30,53-54,56-57H,3-15,17,19-21,23,25-27,29,31-52H2,1-2H3,(H,59,60)/b18-16-,24-22-,30-28-. The molecule has 3 unspecified atom stereocenters. The Morgan fingerprint density at radius 2 is 0.831 bits per heavy atom. The molecule has 0 radical (unpaired) electrons. The number of allylic oxidation sites excluding steroid dienone is 6. The summed E-state index contributed by atoms with van der Waals surface area (Å²) in [5.41, 5.74) is 0. The Kier molecular flexibility index (Phi) is 51.0. The first-order valence-electron chi connectivity index (χ1n) is 27.5. The molecule has 0 aromatic carbocycles. The van der Waals surface area contributed by atoms with Gasteiger partial charge in [0.25, 0.3) is 0 Å². The summed E-state index contributed by atoms with van der Waals surface area (Å²) in [6.45, 7) is 3.54. The topological polar surface area (TPSA) is 132 Å². The van der Waals surface area contributed by atoms with Gasteiger partial charge in [0.1, 0.15) is 12.2 Å². The zero-order valence-corrected chi connectivity index (χ0v) is 43.4. The van der Waals surface area contributed by atoms with Crippen LogP contribution in [0.2, 0.25) is 0 Å². The lowest BCUT2D eigenvalue weighted by atomic mass is 10.0. The molecule has 9 nitrogen and oxygen atoms in total. The maximum absolute atomic E-state index is 12.7. The van der Waals surface area contributed by atoms with E-state index in [0.717, 1.165) is 57.8 Å². The highest BCUT2D eigenvalue weighted by molar-refractivity contribution is 7.47. The zero-order valence-electron chi connectivity index (χ0n) is 42.5. The summed E-state index contributed by atoms with van der Waals surface area (Å²) in [5, 5.41) is 18.4. The highest BCUT2D eigenvalue weighted by Gasteiger charge is 2.26. The third kappa shape index (κ3) is 51.9. The van der Waals surface area contributed by atoms with Crippen LogP contribution in [0.5, 0.6) is 0 Å². The fraction of sp³-hybridized carbons (Fsp3) is 0.873. The van der Waals surface area contributed by atoms with Crippen LogP contribution in [0.15, 0.2) is 36.5 Å². The number of aliphatic hydroxyl groups is 2. The minimum atomic E-state index is -4.53. The molecule has 0 bridgehead atoms. The van der Waals surface area contributed by atoms with Gasteiger partial charge in [-0.05, 0) is 51.4 Å². The molecule has 0 aliphatic rings. The van der Waals surface area contributed by atoms with E-state index in [1.54, 1.807) is 0 Å². The van der Waals surface area contributed by atoms with Gasteiger partial charge in [-0.25, -0.2) is 4.57 Å². The third-order valence-corrected chi connectivity index (χ3v) is 13.0. The number of carbonyl (C=O) groups is 1. The predicted octanol–water partition coefficient (Wildman–Crippen LogP) is 16.3. The van der Waals surface area contributed by atoms with E-state index in [1.165, 1.54) is 186 Å². The Morgan fingerprint density at radius 3 is 1.25 bits per heavy atom. The molecule has 0 aliphatic carbocycles. The van der Waals surface area contributed by atoms with Crippen molar-refractivity contribution in [3.8, 4) is 0 Å². The van der Waals surface area contributed by atoms with Gasteiger partial charge in [-0.3, -0.25) is 13.8 Å². The quantitative estimate of drug-likeness (QED) is 0.0236. The third-order valence-electron chi connectivity index (χ3n) is 12.1. The number of carbonyl (C=O) groups excluding carboxylic acids is 1. The second-order valence-corrected chi connectivity index (χ2v) is 20.1. The van der Waals surface area contributed by atoms with Crippen molar-refractivity contribution in [3.63, 3.8) is 0 Å². The van der Waals surface area contributed by atoms with Crippen LogP contribution in [0.1, 0.15) is 264 Å². The molecule has 0 saturated carbocycles. The van der Waals surface area contributed by atoms with Crippen LogP contribution >= 0.6 is 7.82 Å². The highest BCUT2D eigenvalue weighted by Crippen LogP contribution is 2.43. The van der Waals surface area contributed by atoms with E-state index in [-0.39, 0.29) is 25.6 Å². The average Bonchev–Trinajstić information content (AvgIpc) is 3.30. The van der Waals surface area contributed by atoms with E-state index in [4.69, 9.17) is 23.6 Å². The molecule has 0 aromatic rings. The molecular weight excluding hydrogens is 836 g/mol. The Hall–Kier alpha value is -1.32. The van der Waals surface area contributed by atoms with Gasteiger partial charge in [-0.1, -0.05) is 243 Å². The van der Waals surface area contributed by atoms with Gasteiger partial charge in [0, 0.05) is 13.0 Å². The molecule has 0 saturated heterocycles. The zero-order chi connectivity index (χ0) is 47.4. The number of unbranched alkanes of at least 4 members (excludes halogenated alkanes) is 33. The van der Waals surface area contributed by atoms with Gasteiger partial charge in [-0.2, -0.15) is 0 Å². The molecule has 0 spiro atoms. The van der Waals surface area contributed by atoms with E-state index in [0.29, 0.717) is 6.61 Å². The normalized spacial score (nSPS) is 14.0. The highest BCUT2D eigenvalue weighted by atomic mass is 31.2. The second-order valence-electron chi connectivity index (χ2n) is 18.6. The van der Waals surface area contributed by atoms with Crippen molar-refractivity contribution in [2.24, 2.45) is 0 Å². The number of hydrogen-bond donors (Lipinski definition) is 3. The lowest BCUT2D eigenvalue weighted by molar-refractivity contribution is -0.154. The van der Waals surface area contributed by atoms with E-state index < -0.39 is 33.2 Å². The smallest absolute Gasteiger partial charge is 0.457 e. The van der Waals surface area contributed by atoms with Gasteiger partial charge < -0.3 is 24.6 Å². The molecule has 0 aromatic heterocycles. The van der Waals surface area contributed by atoms with Crippen molar-refractivity contribution in [1.29, 1.82) is 0 Å². The number of ether oxygens (including phenoxy) is 2. The van der Waals surface area contributed by atoms with Gasteiger partial charge in [0.05, 0.1) is 26.4 Å². The van der Waals surface area contributed by atoms with Crippen molar-refractivity contribution in [1.82, 2.24) is 0 Å². The van der Waals surface area contributed by atoms with Crippen LogP contribution < -0.4 is 0 Å². The fourth-order valence-electron chi connectivity index (χ4n) is 7.90. The van der Waals surface area contributed by atoms with Crippen molar-refractivity contribution in [3.05, 3.63) is 36.5 Å². The summed E-state index contributed by atoms with van der Waals surface area (Å²) in [6, 6.07) is 0. The lowest BCUT2D eigenvalue weighted by Gasteiger charge is -2.20. The van der Waals surface area contributed by atoms with Gasteiger partial charge in [-0.15, -0.1) is 0 Å². The Bertz CT molecular complexity index is 1110. The average molecular weight is 941 g/mol. The molecule has 0 aliphatic heterocycles. The van der Waals surface area contributed by atoms with Crippen molar-refractivity contribution < 1.29 is 43.0 Å². The molecule has 65 heavy (non-hydrogen) atoms. The van der Waals surface area contributed by atoms with Crippen LogP contribution in [0.25, 0.3) is 0 Å². The molecular formula is C55H105O9P. The minimum Gasteiger partial charge on any atom is -0.457 e. The van der Waals surface area contributed by atoms with Crippen molar-refractivity contribution >= 4 is 13.8 Å². The monoisotopic (exact) mass is 941 g/mol. The van der Waals surface area contributed by atoms with E-state index in [1.807, 2.05) is 0 Å². The summed E-state index contributed by atoms with van der Waals surface area (Å²) < 4.78 is 33.6. The summed E-state index contributed by atoms with van der Waals surface area (Å²) >= 11 is 0. The van der Waals surface area contributed by atoms with Crippen LogP contribution in [0.4, 0.5) is 0 Å². The SMILES string of the molecule is CCCCCCC/C=C\C/C=C\C/C=C\CCCCCCCCCOCC(COP(=O)(O)OCC(O)CO)OC(=O)CCCCCCCCCCCCCCCCCCCCCCCC. The molecule has 0 fully saturated rings. The van der Waals surface area contributed by atoms with Crippen LogP contribution in [0.3, 0.4) is 0 Å². The molecule has 10 heteroatoms. The van der Waals surface area contributed by atoms with E-state index in [2.05, 4.69) is 50.3 Å². The Balaban J connectivity index is 4.04. The Morgan fingerprint density at radius 1 is 0.477 bits per heavy atom. The number of aliphatic hydroxyl groups excluding tert-OH is 2. The van der Waals surface area contributed by atoms with Crippen LogP contribution in [-0.2, 0) is 27.9 Å². The summed E-state index contributed by atoms with van der Waals surface area (Å²) in [6.07, 6.45) is 59.7. The molecule has 0 heterocycles. The van der Waals surface area contributed by atoms with Gasteiger partial charge in [0.2, 0.25) is 0 Å². The van der Waals surface area contributed by atoms with Crippen LogP contribution in [-0.4, -0.2) is 66.3 Å². The van der Waals surface area contributed by atoms with Crippen molar-refractivity contribution in [2.45, 2.75) is 276 Å². The van der Waals surface area contributed by atoms with E-state index >= 15 is 0 Å². The number of esters is 1. The predicted molar refractivity (Wildman–Crippen MR) is 274 cm³/mol. The van der Waals surface area contributed by atoms with E-state index in [9.17, 15) is 19.4 Å². The second kappa shape index (κ2) is 52.1. The summed E-state index contributed by atoms with van der Waals surface area (Å²) in [5.74, 6) is -0.380. The number of phosphoric acid groups is 1. The first kappa shape index (κ1) is 63.7. The molecule has 0 rings (SSSR count). The molecule has 3 N–H and O–H groups in total. The number of rotatable bonds is 53. The first-order valence-corrected chi connectivity index (χ1v) is 29.0. The largest absolute Gasteiger partial charge is 0.472 e. The van der Waals surface area contributed by atoms with Crippen molar-refractivity contribution in [2.75, 3.05) is 33.0 Å². The number of hydrogen-bond acceptors (Lipinski definition) is 8. The maximum atomic E-state index is 12.7. The summed E-state index contributed by atoms with van der Waals surface area (Å²) in [4.78, 5) is 22.7. The fourth-order valence-corrected chi connectivity index (χ4v) is 8.68. The lowest BCUT2D eigenvalue weighted by Crippen LogP contribution is -2.29.